The van der Waals surface area contributed by atoms with Crippen LogP contribution in [0.1, 0.15) is 64.7 Å². The lowest BCUT2D eigenvalue weighted by Crippen LogP contribution is -2.42. The number of hydrogen-bond donors (Lipinski definition) is 2. The minimum Gasteiger partial charge on any atom is -0.355 e. The number of benzene rings is 1. The molecule has 0 spiro atoms. The van der Waals surface area contributed by atoms with E-state index in [-0.39, 0.29) is 30.5 Å². The van der Waals surface area contributed by atoms with Gasteiger partial charge in [0.1, 0.15) is 6.54 Å². The molecule has 0 unspecified atom stereocenters. The molecule has 0 radical (unpaired) electrons. The molecule has 174 valence electrons. The van der Waals surface area contributed by atoms with Gasteiger partial charge in [-0.1, -0.05) is 38.3 Å². The summed E-state index contributed by atoms with van der Waals surface area (Å²) in [4.78, 5) is 50.5. The molecule has 3 rings (SSSR count). The van der Waals surface area contributed by atoms with Crippen LogP contribution < -0.4 is 21.9 Å². The van der Waals surface area contributed by atoms with Gasteiger partial charge < -0.3 is 10.6 Å². The number of carbonyl (C=O) groups excluding carboxylic acids is 2. The van der Waals surface area contributed by atoms with E-state index in [0.717, 1.165) is 25.7 Å². The highest BCUT2D eigenvalue weighted by molar-refractivity contribution is 5.81. The van der Waals surface area contributed by atoms with Gasteiger partial charge in [-0.3, -0.25) is 23.5 Å². The first kappa shape index (κ1) is 23.8. The second kappa shape index (κ2) is 11.6. The average Bonchev–Trinajstić information content (AvgIpc) is 3.29. The normalized spacial score (nSPS) is 14.0. The van der Waals surface area contributed by atoms with E-state index in [1.165, 1.54) is 22.0 Å². The Bertz CT molecular complexity index is 1050. The lowest BCUT2D eigenvalue weighted by molar-refractivity contribution is -0.122. The van der Waals surface area contributed by atoms with Crippen LogP contribution in [0.2, 0.25) is 0 Å². The number of hydrogen-bond acceptors (Lipinski definition) is 4. The molecule has 2 N–H and O–H groups in total. The monoisotopic (exact) mass is 442 g/mol. The Labute approximate surface area is 188 Å². The van der Waals surface area contributed by atoms with Crippen molar-refractivity contribution in [2.45, 2.75) is 83.8 Å². The van der Waals surface area contributed by atoms with Crippen LogP contribution in [0.3, 0.4) is 0 Å². The van der Waals surface area contributed by atoms with Crippen molar-refractivity contribution >= 4 is 22.7 Å². The fourth-order valence-corrected chi connectivity index (χ4v) is 4.25. The SMILES string of the molecule is CCCCNC(=O)Cn1c(=O)n(CCCCC(=O)NC2CCCC2)c(=O)c2ccccc21. The van der Waals surface area contributed by atoms with Crippen LogP contribution in [0.25, 0.3) is 10.9 Å². The number of aromatic nitrogens is 2. The van der Waals surface area contributed by atoms with Crippen molar-refractivity contribution in [3.63, 3.8) is 0 Å². The van der Waals surface area contributed by atoms with Gasteiger partial charge in [0.2, 0.25) is 11.8 Å². The van der Waals surface area contributed by atoms with Gasteiger partial charge in [0.15, 0.2) is 0 Å². The first-order valence-corrected chi connectivity index (χ1v) is 11.8. The van der Waals surface area contributed by atoms with Crippen LogP contribution in [0.15, 0.2) is 33.9 Å². The van der Waals surface area contributed by atoms with Gasteiger partial charge in [0.05, 0.1) is 10.9 Å². The third kappa shape index (κ3) is 6.08. The molecule has 2 amide bonds. The van der Waals surface area contributed by atoms with E-state index < -0.39 is 5.69 Å². The van der Waals surface area contributed by atoms with Crippen molar-refractivity contribution in [2.75, 3.05) is 6.54 Å². The Morgan fingerprint density at radius 2 is 1.75 bits per heavy atom. The van der Waals surface area contributed by atoms with Gasteiger partial charge in [-0.2, -0.15) is 0 Å². The fourth-order valence-electron chi connectivity index (χ4n) is 4.25. The van der Waals surface area contributed by atoms with E-state index in [2.05, 4.69) is 10.6 Å². The number of nitrogens with zero attached hydrogens (tertiary/aromatic N) is 2. The summed E-state index contributed by atoms with van der Waals surface area (Å²) in [6.45, 7) is 2.69. The van der Waals surface area contributed by atoms with Gasteiger partial charge in [-0.15, -0.1) is 0 Å². The Morgan fingerprint density at radius 3 is 2.50 bits per heavy atom. The zero-order chi connectivity index (χ0) is 22.9. The summed E-state index contributed by atoms with van der Waals surface area (Å²) in [5.74, 6) is -0.219. The molecule has 1 aromatic heterocycles. The van der Waals surface area contributed by atoms with E-state index in [0.29, 0.717) is 42.8 Å². The summed E-state index contributed by atoms with van der Waals surface area (Å²) in [5, 5.41) is 6.29. The van der Waals surface area contributed by atoms with Crippen molar-refractivity contribution in [2.24, 2.45) is 0 Å². The van der Waals surface area contributed by atoms with Gasteiger partial charge in [-0.05, 0) is 44.2 Å². The maximum absolute atomic E-state index is 13.1. The molecule has 1 saturated carbocycles. The first-order valence-electron chi connectivity index (χ1n) is 11.8. The molecule has 2 aromatic rings. The Morgan fingerprint density at radius 1 is 1.00 bits per heavy atom. The van der Waals surface area contributed by atoms with E-state index >= 15 is 0 Å². The maximum atomic E-state index is 13.1. The third-order valence-electron chi connectivity index (χ3n) is 6.04. The van der Waals surface area contributed by atoms with Crippen molar-refractivity contribution in [1.29, 1.82) is 0 Å². The maximum Gasteiger partial charge on any atom is 0.331 e. The number of fused-ring (bicyclic) bond motifs is 1. The summed E-state index contributed by atoms with van der Waals surface area (Å²) < 4.78 is 2.56. The van der Waals surface area contributed by atoms with E-state index in [9.17, 15) is 19.2 Å². The zero-order valence-corrected chi connectivity index (χ0v) is 18.9. The average molecular weight is 443 g/mol. The van der Waals surface area contributed by atoms with Crippen LogP contribution in [0, 0.1) is 0 Å². The molecular formula is C24H34N4O4. The lowest BCUT2D eigenvalue weighted by atomic mass is 10.2. The zero-order valence-electron chi connectivity index (χ0n) is 18.9. The summed E-state index contributed by atoms with van der Waals surface area (Å²) in [6.07, 6.45) is 7.77. The molecule has 1 fully saturated rings. The summed E-state index contributed by atoms with van der Waals surface area (Å²) in [5.41, 5.74) is -0.390. The first-order chi connectivity index (χ1) is 15.5. The predicted octanol–water partition coefficient (Wildman–Crippen LogP) is 2.31. The molecule has 0 aliphatic heterocycles. The van der Waals surface area contributed by atoms with Gasteiger partial charge in [0, 0.05) is 25.6 Å². The second-order valence-electron chi connectivity index (χ2n) is 8.55. The highest BCUT2D eigenvalue weighted by Crippen LogP contribution is 2.17. The molecule has 1 heterocycles. The van der Waals surface area contributed by atoms with Crippen LogP contribution in [0.5, 0.6) is 0 Å². The third-order valence-corrected chi connectivity index (χ3v) is 6.04. The van der Waals surface area contributed by atoms with Crippen LogP contribution in [-0.2, 0) is 22.7 Å². The van der Waals surface area contributed by atoms with Crippen molar-refractivity contribution in [3.8, 4) is 0 Å². The van der Waals surface area contributed by atoms with Crippen molar-refractivity contribution in [3.05, 3.63) is 45.1 Å². The topological polar surface area (TPSA) is 102 Å². The van der Waals surface area contributed by atoms with Crippen LogP contribution in [-0.4, -0.2) is 33.5 Å². The van der Waals surface area contributed by atoms with E-state index in [1.54, 1.807) is 24.3 Å². The van der Waals surface area contributed by atoms with Crippen LogP contribution >= 0.6 is 0 Å². The minimum absolute atomic E-state index is 0.0314. The fraction of sp³-hybridized carbons (Fsp3) is 0.583. The largest absolute Gasteiger partial charge is 0.355 e. The minimum atomic E-state index is -0.491. The summed E-state index contributed by atoms with van der Waals surface area (Å²) >= 11 is 0. The van der Waals surface area contributed by atoms with Crippen molar-refractivity contribution in [1.82, 2.24) is 19.8 Å². The Balaban J connectivity index is 1.69. The van der Waals surface area contributed by atoms with Crippen LogP contribution in [0.4, 0.5) is 0 Å². The Hall–Kier alpha value is -2.90. The van der Waals surface area contributed by atoms with Gasteiger partial charge in [-0.25, -0.2) is 4.79 Å². The number of unbranched alkanes of at least 4 members (excludes halogenated alkanes) is 2. The summed E-state index contributed by atoms with van der Waals surface area (Å²) in [6, 6.07) is 7.15. The van der Waals surface area contributed by atoms with Gasteiger partial charge in [0.25, 0.3) is 5.56 Å². The highest BCUT2D eigenvalue weighted by atomic mass is 16.2. The molecule has 1 aromatic carbocycles. The molecule has 32 heavy (non-hydrogen) atoms. The smallest absolute Gasteiger partial charge is 0.331 e. The van der Waals surface area contributed by atoms with Gasteiger partial charge >= 0.3 is 5.69 Å². The standard InChI is InChI=1S/C24H34N4O4/c1-2-3-15-25-22(30)17-28-20-13-7-6-12-19(20)23(31)27(24(28)32)16-9-8-14-21(29)26-18-10-4-5-11-18/h6-7,12-13,18H,2-5,8-11,14-17H2,1H3,(H,25,30)(H,26,29). The predicted molar refractivity (Wildman–Crippen MR) is 125 cm³/mol. The molecule has 1 aliphatic carbocycles. The molecule has 0 saturated heterocycles. The highest BCUT2D eigenvalue weighted by Gasteiger charge is 2.17. The van der Waals surface area contributed by atoms with E-state index in [4.69, 9.17) is 0 Å². The molecular weight excluding hydrogens is 408 g/mol. The number of nitrogens with one attached hydrogen (secondary N) is 2. The molecule has 8 heteroatoms. The molecule has 0 bridgehead atoms. The number of para-hydroxylation sites is 1. The quantitative estimate of drug-likeness (QED) is 0.521. The molecule has 8 nitrogen and oxygen atoms in total. The lowest BCUT2D eigenvalue weighted by Gasteiger charge is -2.14. The number of amides is 2. The second-order valence-corrected chi connectivity index (χ2v) is 8.55. The Kier molecular flexibility index (Phi) is 8.64. The van der Waals surface area contributed by atoms with E-state index in [1.807, 2.05) is 6.92 Å². The summed E-state index contributed by atoms with van der Waals surface area (Å²) in [7, 11) is 0. The van der Waals surface area contributed by atoms with Crippen molar-refractivity contribution < 1.29 is 9.59 Å². The number of carbonyl (C=O) groups is 2. The number of rotatable bonds is 11. The molecule has 1 aliphatic rings. The molecule has 0 atom stereocenters.